The van der Waals surface area contributed by atoms with Crippen LogP contribution in [0.5, 0.6) is 0 Å². The summed E-state index contributed by atoms with van der Waals surface area (Å²) in [6.07, 6.45) is 2.73. The minimum Gasteiger partial charge on any atom is -0.394 e. The standard InChI is InChI=1S/C9H20N2O/c1-9(10,7-12)6-11(2)5-8-3-4-8/h8,12H,3-7,10H2,1-2H3. The maximum absolute atomic E-state index is 8.94. The fourth-order valence-corrected chi connectivity index (χ4v) is 1.47. The first-order valence-corrected chi connectivity index (χ1v) is 4.62. The number of hydrogen-bond donors (Lipinski definition) is 2. The summed E-state index contributed by atoms with van der Waals surface area (Å²) in [6, 6.07) is 0. The van der Waals surface area contributed by atoms with Gasteiger partial charge in [0, 0.05) is 18.6 Å². The molecule has 0 amide bonds. The Bertz CT molecular complexity index is 143. The van der Waals surface area contributed by atoms with Gasteiger partial charge in [-0.3, -0.25) is 0 Å². The highest BCUT2D eigenvalue weighted by Gasteiger charge is 2.26. The molecule has 1 atom stereocenters. The van der Waals surface area contributed by atoms with Crippen molar-refractivity contribution >= 4 is 0 Å². The molecule has 3 heteroatoms. The number of nitrogens with zero attached hydrogens (tertiary/aromatic N) is 1. The second-order valence-corrected chi connectivity index (χ2v) is 4.45. The number of nitrogens with two attached hydrogens (primary N) is 1. The van der Waals surface area contributed by atoms with Crippen molar-refractivity contribution in [2.24, 2.45) is 11.7 Å². The molecule has 0 spiro atoms. The summed E-state index contributed by atoms with van der Waals surface area (Å²) in [6.45, 7) is 3.85. The van der Waals surface area contributed by atoms with Crippen molar-refractivity contribution in [1.29, 1.82) is 0 Å². The van der Waals surface area contributed by atoms with Crippen LogP contribution in [0.2, 0.25) is 0 Å². The highest BCUT2D eigenvalue weighted by atomic mass is 16.3. The Kier molecular flexibility index (Phi) is 3.09. The monoisotopic (exact) mass is 172 g/mol. The first kappa shape index (κ1) is 9.96. The topological polar surface area (TPSA) is 49.5 Å². The normalized spacial score (nSPS) is 22.8. The van der Waals surface area contributed by atoms with Gasteiger partial charge in [-0.2, -0.15) is 0 Å². The van der Waals surface area contributed by atoms with Crippen LogP contribution in [-0.2, 0) is 0 Å². The van der Waals surface area contributed by atoms with E-state index < -0.39 is 5.54 Å². The van der Waals surface area contributed by atoms with Crippen LogP contribution in [0.1, 0.15) is 19.8 Å². The third-order valence-corrected chi connectivity index (χ3v) is 2.26. The smallest absolute Gasteiger partial charge is 0.0621 e. The third-order valence-electron chi connectivity index (χ3n) is 2.26. The molecule has 0 heterocycles. The molecule has 3 N–H and O–H groups in total. The minimum atomic E-state index is -0.441. The van der Waals surface area contributed by atoms with E-state index in [1.54, 1.807) is 0 Å². The van der Waals surface area contributed by atoms with Crippen LogP contribution in [0, 0.1) is 5.92 Å². The maximum Gasteiger partial charge on any atom is 0.0621 e. The quantitative estimate of drug-likeness (QED) is 0.615. The van der Waals surface area contributed by atoms with E-state index in [1.807, 2.05) is 6.92 Å². The first-order chi connectivity index (χ1) is 5.53. The molecule has 0 aromatic rings. The molecular weight excluding hydrogens is 152 g/mol. The SMILES string of the molecule is CN(CC1CC1)CC(C)(N)CO. The van der Waals surface area contributed by atoms with Crippen molar-refractivity contribution in [3.63, 3.8) is 0 Å². The number of aliphatic hydroxyl groups is 1. The van der Waals surface area contributed by atoms with Gasteiger partial charge in [0.15, 0.2) is 0 Å². The zero-order chi connectivity index (χ0) is 9.19. The molecule has 3 nitrogen and oxygen atoms in total. The summed E-state index contributed by atoms with van der Waals surface area (Å²) in [5.74, 6) is 0.893. The highest BCUT2D eigenvalue weighted by Crippen LogP contribution is 2.29. The molecule has 1 fully saturated rings. The van der Waals surface area contributed by atoms with Crippen molar-refractivity contribution < 1.29 is 5.11 Å². The zero-order valence-corrected chi connectivity index (χ0v) is 8.08. The lowest BCUT2D eigenvalue weighted by atomic mass is 10.1. The Morgan fingerprint density at radius 2 is 2.17 bits per heavy atom. The van der Waals surface area contributed by atoms with Crippen molar-refractivity contribution in [3.8, 4) is 0 Å². The van der Waals surface area contributed by atoms with Gasteiger partial charge in [0.25, 0.3) is 0 Å². The van der Waals surface area contributed by atoms with E-state index in [1.165, 1.54) is 12.8 Å². The van der Waals surface area contributed by atoms with Crippen LogP contribution in [0.4, 0.5) is 0 Å². The third kappa shape index (κ3) is 3.52. The van der Waals surface area contributed by atoms with Gasteiger partial charge in [-0.1, -0.05) is 0 Å². The molecule has 1 aliphatic carbocycles. The van der Waals surface area contributed by atoms with E-state index in [4.69, 9.17) is 10.8 Å². The Morgan fingerprint density at radius 1 is 1.58 bits per heavy atom. The Hall–Kier alpha value is -0.120. The molecule has 12 heavy (non-hydrogen) atoms. The summed E-state index contributed by atoms with van der Waals surface area (Å²) in [7, 11) is 2.07. The van der Waals surface area contributed by atoms with Gasteiger partial charge in [-0.05, 0) is 32.7 Å². The van der Waals surface area contributed by atoms with Crippen LogP contribution in [-0.4, -0.2) is 42.3 Å². The maximum atomic E-state index is 8.94. The summed E-state index contributed by atoms with van der Waals surface area (Å²) in [5.41, 5.74) is 5.38. The number of aliphatic hydroxyl groups excluding tert-OH is 1. The lowest BCUT2D eigenvalue weighted by molar-refractivity contribution is 0.160. The highest BCUT2D eigenvalue weighted by molar-refractivity contribution is 4.83. The van der Waals surface area contributed by atoms with E-state index in [0.29, 0.717) is 0 Å². The van der Waals surface area contributed by atoms with E-state index in [-0.39, 0.29) is 6.61 Å². The molecule has 1 rings (SSSR count). The van der Waals surface area contributed by atoms with E-state index in [2.05, 4.69) is 11.9 Å². The van der Waals surface area contributed by atoms with Crippen molar-refractivity contribution in [2.75, 3.05) is 26.7 Å². The van der Waals surface area contributed by atoms with Crippen LogP contribution < -0.4 is 5.73 Å². The molecule has 72 valence electrons. The first-order valence-electron chi connectivity index (χ1n) is 4.62. The fraction of sp³-hybridized carbons (Fsp3) is 1.00. The lowest BCUT2D eigenvalue weighted by Gasteiger charge is -2.28. The predicted octanol–water partition coefficient (Wildman–Crippen LogP) is 0.0379. The van der Waals surface area contributed by atoms with E-state index in [0.717, 1.165) is 19.0 Å². The molecule has 1 saturated carbocycles. The molecule has 0 aromatic carbocycles. The molecule has 0 radical (unpaired) electrons. The van der Waals surface area contributed by atoms with Crippen LogP contribution in [0.3, 0.4) is 0 Å². The van der Waals surface area contributed by atoms with Gasteiger partial charge in [-0.25, -0.2) is 0 Å². The molecule has 0 saturated heterocycles. The molecule has 0 aromatic heterocycles. The molecular formula is C9H20N2O. The number of rotatable bonds is 5. The molecule has 0 bridgehead atoms. The van der Waals surface area contributed by atoms with Gasteiger partial charge < -0.3 is 15.7 Å². The summed E-state index contributed by atoms with van der Waals surface area (Å²) in [5, 5.41) is 8.94. The van der Waals surface area contributed by atoms with Gasteiger partial charge in [0.1, 0.15) is 0 Å². The fourth-order valence-electron chi connectivity index (χ4n) is 1.47. The Morgan fingerprint density at radius 3 is 2.58 bits per heavy atom. The summed E-state index contributed by atoms with van der Waals surface area (Å²) < 4.78 is 0. The van der Waals surface area contributed by atoms with Gasteiger partial charge >= 0.3 is 0 Å². The van der Waals surface area contributed by atoms with Crippen molar-refractivity contribution in [2.45, 2.75) is 25.3 Å². The summed E-state index contributed by atoms with van der Waals surface area (Å²) >= 11 is 0. The van der Waals surface area contributed by atoms with Gasteiger partial charge in [-0.15, -0.1) is 0 Å². The second-order valence-electron chi connectivity index (χ2n) is 4.45. The molecule has 1 aliphatic rings. The van der Waals surface area contributed by atoms with E-state index in [9.17, 15) is 0 Å². The van der Waals surface area contributed by atoms with Crippen molar-refractivity contribution in [3.05, 3.63) is 0 Å². The van der Waals surface area contributed by atoms with Crippen LogP contribution in [0.25, 0.3) is 0 Å². The van der Waals surface area contributed by atoms with Crippen LogP contribution >= 0.6 is 0 Å². The molecule has 0 aliphatic heterocycles. The van der Waals surface area contributed by atoms with Gasteiger partial charge in [0.05, 0.1) is 6.61 Å². The van der Waals surface area contributed by atoms with E-state index >= 15 is 0 Å². The predicted molar refractivity (Wildman–Crippen MR) is 49.9 cm³/mol. The summed E-state index contributed by atoms with van der Waals surface area (Å²) in [4.78, 5) is 2.22. The average Bonchev–Trinajstić information content (AvgIpc) is 2.70. The Balaban J connectivity index is 2.18. The van der Waals surface area contributed by atoms with Crippen LogP contribution in [0.15, 0.2) is 0 Å². The lowest BCUT2D eigenvalue weighted by Crippen LogP contribution is -2.49. The molecule has 1 unspecified atom stereocenters. The zero-order valence-electron chi connectivity index (χ0n) is 8.08. The number of hydrogen-bond acceptors (Lipinski definition) is 3. The Labute approximate surface area is 74.5 Å². The van der Waals surface area contributed by atoms with Crippen molar-refractivity contribution in [1.82, 2.24) is 4.90 Å². The second kappa shape index (κ2) is 3.73. The minimum absolute atomic E-state index is 0.0575. The average molecular weight is 172 g/mol. The van der Waals surface area contributed by atoms with Gasteiger partial charge in [0.2, 0.25) is 0 Å². The number of likely N-dealkylation sites (N-methyl/N-ethyl adjacent to an activating group) is 1. The largest absolute Gasteiger partial charge is 0.394 e.